The number of hydrogen-bond donors (Lipinski definition) is 0. The first-order valence-electron chi connectivity index (χ1n) is 6.17. The van der Waals surface area contributed by atoms with E-state index in [2.05, 4.69) is 41.5 Å². The first-order chi connectivity index (χ1) is 7.96. The van der Waals surface area contributed by atoms with Gasteiger partial charge in [-0.25, -0.2) is 12.1 Å². The van der Waals surface area contributed by atoms with Crippen LogP contribution in [0.3, 0.4) is 0 Å². The molecule has 2 aromatic rings. The van der Waals surface area contributed by atoms with E-state index in [1.54, 1.807) is 0 Å². The van der Waals surface area contributed by atoms with Gasteiger partial charge in [0.05, 0.1) is 0 Å². The Bertz CT molecular complexity index is 357. The van der Waals surface area contributed by atoms with Crippen LogP contribution in [-0.4, -0.2) is 0 Å². The summed E-state index contributed by atoms with van der Waals surface area (Å²) in [6.07, 6.45) is 0. The van der Waals surface area contributed by atoms with Crippen molar-refractivity contribution in [1.82, 2.24) is 0 Å². The quantitative estimate of drug-likeness (QED) is 0.599. The maximum atomic E-state index is 2.21. The molecule has 0 aliphatic carbocycles. The fourth-order valence-electron chi connectivity index (χ4n) is 2.01. The molecule has 0 atom stereocenters. The predicted molar refractivity (Wildman–Crippen MR) is 76.9 cm³/mol. The summed E-state index contributed by atoms with van der Waals surface area (Å²) in [5.41, 5.74) is 8.73. The predicted octanol–water partition coefficient (Wildman–Crippen LogP) is 4.94. The normalized spacial score (nSPS) is 9.22. The van der Waals surface area contributed by atoms with Gasteiger partial charge in [-0.2, -0.15) is 18.2 Å². The average Bonchev–Trinajstić information content (AvgIpc) is 2.90. The van der Waals surface area contributed by atoms with Gasteiger partial charge >= 0.3 is 0 Å². The third kappa shape index (κ3) is 3.80. The van der Waals surface area contributed by atoms with Gasteiger partial charge in [0.1, 0.15) is 0 Å². The molecule has 2 aromatic carbocycles. The van der Waals surface area contributed by atoms with E-state index in [9.17, 15) is 0 Å². The molecular formula is C17H23Cr-. The van der Waals surface area contributed by atoms with Crippen molar-refractivity contribution >= 4 is 0 Å². The van der Waals surface area contributed by atoms with E-state index in [-0.39, 0.29) is 17.4 Å². The van der Waals surface area contributed by atoms with Crippen molar-refractivity contribution in [3.8, 4) is 0 Å². The molecule has 0 heterocycles. The van der Waals surface area contributed by atoms with Gasteiger partial charge in [-0.3, -0.25) is 0 Å². The van der Waals surface area contributed by atoms with E-state index < -0.39 is 0 Å². The van der Waals surface area contributed by atoms with E-state index in [1.165, 1.54) is 33.4 Å². The summed E-state index contributed by atoms with van der Waals surface area (Å²) in [5.74, 6) is 0. The molecule has 0 nitrogen and oxygen atoms in total. The third-order valence-electron chi connectivity index (χ3n) is 3.93. The molecule has 0 amide bonds. The minimum absolute atomic E-state index is 0. The number of rotatable bonds is 0. The van der Waals surface area contributed by atoms with Gasteiger partial charge in [-0.1, -0.05) is 0 Å². The Kier molecular flexibility index (Phi) is 7.14. The van der Waals surface area contributed by atoms with Crippen molar-refractivity contribution in [2.45, 2.75) is 41.5 Å². The summed E-state index contributed by atoms with van der Waals surface area (Å²) >= 11 is 0. The zero-order valence-corrected chi connectivity index (χ0v) is 13.6. The van der Waals surface area contributed by atoms with Crippen molar-refractivity contribution in [2.24, 2.45) is 0 Å². The van der Waals surface area contributed by atoms with E-state index >= 15 is 0 Å². The third-order valence-corrected chi connectivity index (χ3v) is 3.93. The van der Waals surface area contributed by atoms with E-state index in [4.69, 9.17) is 0 Å². The second-order valence-corrected chi connectivity index (χ2v) is 4.71. The minimum Gasteiger partial charge on any atom is -0.214 e. The van der Waals surface area contributed by atoms with Crippen LogP contribution < -0.4 is 0 Å². The van der Waals surface area contributed by atoms with Crippen LogP contribution in [-0.2, 0) is 17.4 Å². The fraction of sp³-hybridized carbons (Fsp3) is 0.353. The molecule has 0 saturated carbocycles. The molecule has 0 N–H and O–H groups in total. The first kappa shape index (κ1) is 17.1. The molecule has 0 saturated heterocycles. The van der Waals surface area contributed by atoms with Crippen LogP contribution in [0.15, 0.2) is 30.3 Å². The van der Waals surface area contributed by atoms with Crippen LogP contribution in [0.25, 0.3) is 0 Å². The molecule has 2 rings (SSSR count). The Balaban J connectivity index is 0.000000405. The zero-order chi connectivity index (χ0) is 13.0. The molecule has 0 fully saturated rings. The van der Waals surface area contributed by atoms with Crippen molar-refractivity contribution in [3.05, 3.63) is 63.7 Å². The van der Waals surface area contributed by atoms with Gasteiger partial charge in [0.25, 0.3) is 0 Å². The number of hydrogen-bond acceptors (Lipinski definition) is 0. The summed E-state index contributed by atoms with van der Waals surface area (Å²) in [5, 5.41) is 0. The van der Waals surface area contributed by atoms with Crippen molar-refractivity contribution in [1.29, 1.82) is 0 Å². The fourth-order valence-corrected chi connectivity index (χ4v) is 2.01. The molecule has 0 aromatic heterocycles. The van der Waals surface area contributed by atoms with Crippen LogP contribution >= 0.6 is 0 Å². The zero-order valence-electron chi connectivity index (χ0n) is 12.3. The molecule has 0 spiro atoms. The van der Waals surface area contributed by atoms with Gasteiger partial charge < -0.3 is 0 Å². The topological polar surface area (TPSA) is 0 Å². The monoisotopic (exact) mass is 279 g/mol. The maximum Gasteiger partial charge on any atom is 0 e. The van der Waals surface area contributed by atoms with Crippen LogP contribution in [0.4, 0.5) is 0 Å². The Morgan fingerprint density at radius 3 is 0.889 bits per heavy atom. The molecule has 0 radical (unpaired) electrons. The van der Waals surface area contributed by atoms with Crippen LogP contribution in [0.2, 0.25) is 0 Å². The van der Waals surface area contributed by atoms with Crippen molar-refractivity contribution in [3.63, 3.8) is 0 Å². The average molecular weight is 279 g/mol. The smallest absolute Gasteiger partial charge is 0 e. The Hall–Kier alpha value is -0.898. The molecule has 0 unspecified atom stereocenters. The molecule has 0 bridgehead atoms. The van der Waals surface area contributed by atoms with E-state index in [0.29, 0.717) is 0 Å². The van der Waals surface area contributed by atoms with Gasteiger partial charge in [0.15, 0.2) is 0 Å². The summed E-state index contributed by atoms with van der Waals surface area (Å²) < 4.78 is 0. The SMILES string of the molecule is Cc1c(C)c(C)c(C)c(C)c1C.[Cr].c1cc[cH-]c1. The molecule has 0 aliphatic rings. The maximum absolute atomic E-state index is 2.21. The van der Waals surface area contributed by atoms with E-state index in [0.717, 1.165) is 0 Å². The van der Waals surface area contributed by atoms with Gasteiger partial charge in [-0.05, 0) is 74.9 Å². The Morgan fingerprint density at radius 1 is 0.556 bits per heavy atom. The summed E-state index contributed by atoms with van der Waals surface area (Å²) in [7, 11) is 0. The molecule has 1 heteroatoms. The standard InChI is InChI=1S/C12H18.C5H5.Cr/c1-7-8(2)10(4)12(6)11(5)9(7)3;1-2-4-5-3-1;/h1-6H3;1-5H;/q;-1;. The Morgan fingerprint density at radius 2 is 0.778 bits per heavy atom. The van der Waals surface area contributed by atoms with Gasteiger partial charge in [0, 0.05) is 17.4 Å². The van der Waals surface area contributed by atoms with Crippen LogP contribution in [0.5, 0.6) is 0 Å². The second kappa shape index (κ2) is 7.52. The summed E-state index contributed by atoms with van der Waals surface area (Å²) in [6.45, 7) is 13.3. The molecule has 0 aliphatic heterocycles. The Labute approximate surface area is 123 Å². The largest absolute Gasteiger partial charge is 0.214 e. The van der Waals surface area contributed by atoms with Crippen LogP contribution in [0.1, 0.15) is 33.4 Å². The molecule has 18 heavy (non-hydrogen) atoms. The second-order valence-electron chi connectivity index (χ2n) is 4.71. The number of benzene rings is 1. The van der Waals surface area contributed by atoms with Crippen molar-refractivity contribution < 1.29 is 17.4 Å². The van der Waals surface area contributed by atoms with Crippen LogP contribution in [0, 0.1) is 41.5 Å². The van der Waals surface area contributed by atoms with Gasteiger partial charge in [-0.15, -0.1) is 0 Å². The minimum atomic E-state index is 0. The van der Waals surface area contributed by atoms with E-state index in [1.807, 2.05) is 30.3 Å². The summed E-state index contributed by atoms with van der Waals surface area (Å²) in [6, 6.07) is 10.0. The van der Waals surface area contributed by atoms with Gasteiger partial charge in [0.2, 0.25) is 0 Å². The summed E-state index contributed by atoms with van der Waals surface area (Å²) in [4.78, 5) is 0. The first-order valence-corrected chi connectivity index (χ1v) is 6.17. The van der Waals surface area contributed by atoms with Crippen molar-refractivity contribution in [2.75, 3.05) is 0 Å². The molecular weight excluding hydrogens is 256 g/mol. The molecule has 98 valence electrons.